The molecule has 0 aliphatic heterocycles. The van der Waals surface area contributed by atoms with Crippen molar-refractivity contribution in [2.45, 2.75) is 37.7 Å². The molecule has 2 N–H and O–H groups in total. The Morgan fingerprint density at radius 1 is 1.19 bits per heavy atom. The predicted molar refractivity (Wildman–Crippen MR) is 74.8 cm³/mol. The van der Waals surface area contributed by atoms with Crippen LogP contribution in [0.2, 0.25) is 0 Å². The molecule has 2 aromatic rings. The van der Waals surface area contributed by atoms with Crippen molar-refractivity contribution in [2.75, 3.05) is 7.11 Å². The number of hydrogen-bond acceptors (Lipinski definition) is 6. The molecule has 0 saturated heterocycles. The summed E-state index contributed by atoms with van der Waals surface area (Å²) in [4.78, 5) is 4.39. The van der Waals surface area contributed by atoms with Gasteiger partial charge in [-0.15, -0.1) is 0 Å². The predicted octanol–water partition coefficient (Wildman–Crippen LogP) is 2.95. The van der Waals surface area contributed by atoms with E-state index >= 15 is 0 Å². The number of rotatable bonds is 3. The van der Waals surface area contributed by atoms with Gasteiger partial charge in [0.25, 0.3) is 5.89 Å². The van der Waals surface area contributed by atoms with Crippen molar-refractivity contribution in [1.82, 2.24) is 10.1 Å². The zero-order valence-corrected chi connectivity index (χ0v) is 11.9. The van der Waals surface area contributed by atoms with E-state index in [-0.39, 0.29) is 17.4 Å². The van der Waals surface area contributed by atoms with Crippen LogP contribution in [0.1, 0.15) is 37.9 Å². The molecule has 1 aliphatic carbocycles. The molecular formula is C15H18N2O4. The van der Waals surface area contributed by atoms with Crippen molar-refractivity contribution < 1.29 is 19.5 Å². The Morgan fingerprint density at radius 3 is 2.62 bits per heavy atom. The Balaban J connectivity index is 1.95. The minimum atomic E-state index is -0.494. The van der Waals surface area contributed by atoms with Gasteiger partial charge in [-0.1, -0.05) is 24.4 Å². The first kappa shape index (κ1) is 13.9. The summed E-state index contributed by atoms with van der Waals surface area (Å²) in [6.07, 6.45) is 5.06. The Kier molecular flexibility index (Phi) is 3.55. The number of hydrogen-bond donors (Lipinski definition) is 2. The van der Waals surface area contributed by atoms with Gasteiger partial charge < -0.3 is 19.5 Å². The summed E-state index contributed by atoms with van der Waals surface area (Å²) in [6, 6.07) is 4.25. The van der Waals surface area contributed by atoms with Crippen LogP contribution in [0.4, 0.5) is 0 Å². The van der Waals surface area contributed by atoms with E-state index in [1.54, 1.807) is 13.2 Å². The smallest absolute Gasteiger partial charge is 0.261 e. The van der Waals surface area contributed by atoms with Gasteiger partial charge in [0.05, 0.1) is 5.56 Å². The molecule has 21 heavy (non-hydrogen) atoms. The molecule has 0 radical (unpaired) electrons. The molecule has 0 spiro atoms. The van der Waals surface area contributed by atoms with Gasteiger partial charge in [0.15, 0.2) is 0 Å². The number of aromatic hydroxyl groups is 2. The highest BCUT2D eigenvalue weighted by Gasteiger charge is 2.38. The fourth-order valence-corrected chi connectivity index (χ4v) is 2.86. The maximum Gasteiger partial charge on any atom is 0.261 e. The summed E-state index contributed by atoms with van der Waals surface area (Å²) in [5.74, 6) is 0.633. The lowest BCUT2D eigenvalue weighted by molar-refractivity contribution is -0.0527. The summed E-state index contributed by atoms with van der Waals surface area (Å²) >= 11 is 0. The van der Waals surface area contributed by atoms with Crippen LogP contribution in [0.25, 0.3) is 11.5 Å². The van der Waals surface area contributed by atoms with Crippen molar-refractivity contribution in [3.05, 3.63) is 24.0 Å². The van der Waals surface area contributed by atoms with Crippen molar-refractivity contribution in [3.8, 4) is 23.0 Å². The summed E-state index contributed by atoms with van der Waals surface area (Å²) < 4.78 is 10.9. The van der Waals surface area contributed by atoms with Gasteiger partial charge in [-0.25, -0.2) is 0 Å². The van der Waals surface area contributed by atoms with Crippen LogP contribution in [-0.2, 0) is 10.3 Å². The first-order chi connectivity index (χ1) is 10.1. The quantitative estimate of drug-likeness (QED) is 0.903. The third-order valence-corrected chi connectivity index (χ3v) is 4.10. The third kappa shape index (κ3) is 2.47. The second-order valence-electron chi connectivity index (χ2n) is 5.38. The monoisotopic (exact) mass is 290 g/mol. The number of ether oxygens (including phenoxy) is 1. The van der Waals surface area contributed by atoms with Crippen LogP contribution in [0.15, 0.2) is 22.7 Å². The molecule has 1 aliphatic rings. The number of aromatic nitrogens is 2. The Hall–Kier alpha value is -2.08. The number of phenolic OH excluding ortho intramolecular Hbond substituents is 2. The Bertz CT molecular complexity index is 632. The maximum atomic E-state index is 9.87. The van der Waals surface area contributed by atoms with E-state index in [0.29, 0.717) is 11.4 Å². The first-order valence-corrected chi connectivity index (χ1v) is 7.06. The third-order valence-electron chi connectivity index (χ3n) is 4.10. The van der Waals surface area contributed by atoms with Crippen LogP contribution < -0.4 is 0 Å². The SMILES string of the molecule is COC1(c2noc(-c3ccc(O)cc3O)n2)CCCCC1. The average molecular weight is 290 g/mol. The molecule has 6 nitrogen and oxygen atoms in total. The van der Waals surface area contributed by atoms with E-state index in [2.05, 4.69) is 10.1 Å². The van der Waals surface area contributed by atoms with Crippen molar-refractivity contribution >= 4 is 0 Å². The van der Waals surface area contributed by atoms with E-state index in [9.17, 15) is 10.2 Å². The van der Waals surface area contributed by atoms with Gasteiger partial charge in [0.1, 0.15) is 17.1 Å². The topological polar surface area (TPSA) is 88.6 Å². The van der Waals surface area contributed by atoms with Crippen LogP contribution in [0, 0.1) is 0 Å². The van der Waals surface area contributed by atoms with E-state index in [0.717, 1.165) is 25.7 Å². The van der Waals surface area contributed by atoms with E-state index in [4.69, 9.17) is 9.26 Å². The molecule has 0 atom stereocenters. The van der Waals surface area contributed by atoms with Crippen LogP contribution >= 0.6 is 0 Å². The molecular weight excluding hydrogens is 272 g/mol. The molecule has 1 aromatic carbocycles. The molecule has 3 rings (SSSR count). The van der Waals surface area contributed by atoms with Gasteiger partial charge in [-0.3, -0.25) is 0 Å². The van der Waals surface area contributed by atoms with E-state index in [1.165, 1.54) is 18.6 Å². The van der Waals surface area contributed by atoms with Gasteiger partial charge in [-0.2, -0.15) is 4.98 Å². The summed E-state index contributed by atoms with van der Waals surface area (Å²) in [5, 5.41) is 23.2. The van der Waals surface area contributed by atoms with E-state index < -0.39 is 5.60 Å². The lowest BCUT2D eigenvalue weighted by Crippen LogP contribution is -2.32. The fraction of sp³-hybridized carbons (Fsp3) is 0.467. The maximum absolute atomic E-state index is 9.87. The second-order valence-corrected chi connectivity index (χ2v) is 5.38. The van der Waals surface area contributed by atoms with Gasteiger partial charge in [0.2, 0.25) is 5.82 Å². The highest BCUT2D eigenvalue weighted by atomic mass is 16.5. The van der Waals surface area contributed by atoms with Gasteiger partial charge >= 0.3 is 0 Å². The zero-order valence-electron chi connectivity index (χ0n) is 11.9. The molecule has 0 unspecified atom stereocenters. The lowest BCUT2D eigenvalue weighted by atomic mass is 9.84. The van der Waals surface area contributed by atoms with Crippen molar-refractivity contribution in [2.24, 2.45) is 0 Å². The highest BCUT2D eigenvalue weighted by Crippen LogP contribution is 2.40. The van der Waals surface area contributed by atoms with E-state index in [1.807, 2.05) is 0 Å². The summed E-state index contributed by atoms with van der Waals surface area (Å²) in [6.45, 7) is 0. The Morgan fingerprint density at radius 2 is 1.95 bits per heavy atom. The van der Waals surface area contributed by atoms with Crippen molar-refractivity contribution in [3.63, 3.8) is 0 Å². The number of benzene rings is 1. The Labute approximate surface area is 122 Å². The first-order valence-electron chi connectivity index (χ1n) is 7.06. The second kappa shape index (κ2) is 5.37. The average Bonchev–Trinajstić information content (AvgIpc) is 2.98. The molecule has 0 amide bonds. The molecule has 1 saturated carbocycles. The zero-order chi connectivity index (χ0) is 14.9. The molecule has 1 fully saturated rings. The summed E-state index contributed by atoms with van der Waals surface area (Å²) in [5.41, 5.74) is -0.0967. The molecule has 6 heteroatoms. The van der Waals surface area contributed by atoms with Gasteiger partial charge in [0, 0.05) is 13.2 Å². The van der Waals surface area contributed by atoms with Crippen LogP contribution in [0.5, 0.6) is 11.5 Å². The molecule has 0 bridgehead atoms. The van der Waals surface area contributed by atoms with Crippen LogP contribution in [0.3, 0.4) is 0 Å². The normalized spacial score (nSPS) is 17.8. The summed E-state index contributed by atoms with van der Waals surface area (Å²) in [7, 11) is 1.67. The number of phenols is 2. The fourth-order valence-electron chi connectivity index (χ4n) is 2.86. The van der Waals surface area contributed by atoms with Crippen LogP contribution in [-0.4, -0.2) is 27.5 Å². The molecule has 1 heterocycles. The standard InChI is InChI=1S/C15H18N2O4/c1-20-15(7-3-2-4-8-15)14-16-13(21-17-14)11-6-5-10(18)9-12(11)19/h5-6,9,18-19H,2-4,7-8H2,1H3. The van der Waals surface area contributed by atoms with Crippen molar-refractivity contribution in [1.29, 1.82) is 0 Å². The minimum absolute atomic E-state index is 0.0170. The lowest BCUT2D eigenvalue weighted by Gasteiger charge is -2.32. The van der Waals surface area contributed by atoms with Gasteiger partial charge in [-0.05, 0) is 25.0 Å². The largest absolute Gasteiger partial charge is 0.508 e. The highest BCUT2D eigenvalue weighted by molar-refractivity contribution is 5.63. The minimum Gasteiger partial charge on any atom is -0.508 e. The number of nitrogens with zero attached hydrogens (tertiary/aromatic N) is 2. The molecule has 112 valence electrons. The number of methoxy groups -OCH3 is 1. The molecule has 1 aromatic heterocycles.